The molecule has 208 valence electrons. The molecule has 0 atom stereocenters. The third-order valence-electron chi connectivity index (χ3n) is 7.06. The lowest BCUT2D eigenvalue weighted by molar-refractivity contribution is 0.103. The van der Waals surface area contributed by atoms with Crippen LogP contribution < -0.4 is 20.5 Å². The minimum atomic E-state index is -3.33. The lowest BCUT2D eigenvalue weighted by Gasteiger charge is -2.29. The average Bonchev–Trinajstić information content (AvgIpc) is 3.40. The summed E-state index contributed by atoms with van der Waals surface area (Å²) in [7, 11) is -2.09. The number of carbonyl (C=O) groups excluding carboxylic acids is 1. The highest BCUT2D eigenvalue weighted by molar-refractivity contribution is 7.89. The largest absolute Gasteiger partial charge is 0.496 e. The highest BCUT2D eigenvalue weighted by Crippen LogP contribution is 2.28. The molecule has 0 spiro atoms. The number of carbonyl (C=O) groups is 1. The van der Waals surface area contributed by atoms with E-state index in [0.29, 0.717) is 32.1 Å². The molecular formula is C25H34F2N6O4S. The third-order valence-corrected chi connectivity index (χ3v) is 8.58. The SMILES string of the molecule is COc1ccc(F)c(F)c1C(=O)c1cnc(NC2CCC(NS(=O)(=O)CCCN3CCCC3)CC2)nc1N. The number of rotatable bonds is 11. The molecule has 1 saturated carbocycles. The standard InChI is InChI=1S/C25H34F2N6O4S/c1-37-20-10-9-19(26)22(27)21(20)23(34)18-15-29-25(31-24(18)28)30-16-5-7-17(8-6-16)32-38(35,36)14-4-13-33-11-2-3-12-33/h9-10,15-17,32H,2-8,11-14H2,1H3,(H3,28,29,30,31). The number of nitrogens with two attached hydrogens (primary N) is 1. The van der Waals surface area contributed by atoms with Crippen LogP contribution in [-0.2, 0) is 10.0 Å². The van der Waals surface area contributed by atoms with Crippen LogP contribution >= 0.6 is 0 Å². The highest BCUT2D eigenvalue weighted by Gasteiger charge is 2.27. The van der Waals surface area contributed by atoms with Gasteiger partial charge in [0, 0.05) is 18.3 Å². The average molecular weight is 553 g/mol. The van der Waals surface area contributed by atoms with Gasteiger partial charge in [-0.1, -0.05) is 0 Å². The van der Waals surface area contributed by atoms with Crippen molar-refractivity contribution in [2.24, 2.45) is 0 Å². The van der Waals surface area contributed by atoms with Gasteiger partial charge in [-0.05, 0) is 76.7 Å². The maximum Gasteiger partial charge on any atom is 0.224 e. The Morgan fingerprint density at radius 2 is 1.84 bits per heavy atom. The lowest BCUT2D eigenvalue weighted by atomic mass is 9.92. The van der Waals surface area contributed by atoms with Crippen LogP contribution in [0.5, 0.6) is 5.75 Å². The number of benzene rings is 1. The maximum atomic E-state index is 14.4. The van der Waals surface area contributed by atoms with Crippen molar-refractivity contribution in [3.05, 3.63) is 41.1 Å². The fourth-order valence-corrected chi connectivity index (χ4v) is 6.39. The van der Waals surface area contributed by atoms with Crippen LogP contribution in [0.25, 0.3) is 0 Å². The van der Waals surface area contributed by atoms with Gasteiger partial charge < -0.3 is 20.7 Å². The van der Waals surface area contributed by atoms with Crippen molar-refractivity contribution in [1.82, 2.24) is 19.6 Å². The van der Waals surface area contributed by atoms with Gasteiger partial charge >= 0.3 is 0 Å². The molecule has 38 heavy (non-hydrogen) atoms. The minimum Gasteiger partial charge on any atom is -0.496 e. The molecule has 0 unspecified atom stereocenters. The number of methoxy groups -OCH3 is 1. The lowest BCUT2D eigenvalue weighted by Crippen LogP contribution is -2.41. The Hall–Kier alpha value is -2.90. The van der Waals surface area contributed by atoms with E-state index in [0.717, 1.165) is 31.8 Å². The van der Waals surface area contributed by atoms with Gasteiger partial charge in [-0.25, -0.2) is 26.9 Å². The van der Waals surface area contributed by atoms with E-state index in [9.17, 15) is 22.0 Å². The Balaban J connectivity index is 1.29. The molecule has 1 aromatic heterocycles. The zero-order chi connectivity index (χ0) is 27.3. The summed E-state index contributed by atoms with van der Waals surface area (Å²) in [6.07, 6.45) is 6.87. The van der Waals surface area contributed by atoms with Gasteiger partial charge in [-0.3, -0.25) is 4.79 Å². The number of nitrogens with zero attached hydrogens (tertiary/aromatic N) is 3. The molecule has 2 fully saturated rings. The first-order valence-corrected chi connectivity index (χ1v) is 14.5. The van der Waals surface area contributed by atoms with Gasteiger partial charge in [0.1, 0.15) is 17.1 Å². The summed E-state index contributed by atoms with van der Waals surface area (Å²) < 4.78 is 60.9. The van der Waals surface area contributed by atoms with Gasteiger partial charge in [0.05, 0.1) is 18.4 Å². The molecule has 2 aliphatic rings. The van der Waals surface area contributed by atoms with Gasteiger partial charge in [0.15, 0.2) is 11.6 Å². The molecule has 1 saturated heterocycles. The number of sulfonamides is 1. The molecule has 13 heteroatoms. The fourth-order valence-electron chi connectivity index (χ4n) is 5.02. The predicted molar refractivity (Wildman–Crippen MR) is 140 cm³/mol. The predicted octanol–water partition coefficient (Wildman–Crippen LogP) is 2.71. The number of anilines is 2. The molecule has 2 aromatic rings. The number of halogens is 2. The minimum absolute atomic E-state index is 0.00682. The number of likely N-dealkylation sites (tertiary alicyclic amines) is 1. The number of hydrogen-bond acceptors (Lipinski definition) is 9. The Morgan fingerprint density at radius 3 is 2.50 bits per heavy atom. The van der Waals surface area contributed by atoms with E-state index in [-0.39, 0.29) is 40.9 Å². The topological polar surface area (TPSA) is 140 Å². The summed E-state index contributed by atoms with van der Waals surface area (Å²) in [6, 6.07) is 1.90. The normalized spacial score (nSPS) is 20.4. The quantitative estimate of drug-likeness (QED) is 0.359. The van der Waals surface area contributed by atoms with Crippen molar-refractivity contribution >= 4 is 27.6 Å². The number of hydrogen-bond donors (Lipinski definition) is 3. The molecule has 4 N–H and O–H groups in total. The number of nitrogen functional groups attached to an aromatic ring is 1. The molecule has 0 radical (unpaired) electrons. The zero-order valence-corrected chi connectivity index (χ0v) is 22.2. The van der Waals surface area contributed by atoms with Crippen LogP contribution in [0.15, 0.2) is 18.3 Å². The van der Waals surface area contributed by atoms with Crippen molar-refractivity contribution in [3.8, 4) is 5.75 Å². The van der Waals surface area contributed by atoms with E-state index < -0.39 is 33.0 Å². The van der Waals surface area contributed by atoms with E-state index in [1.807, 2.05) is 0 Å². The second kappa shape index (κ2) is 12.3. The fraction of sp³-hybridized carbons (Fsp3) is 0.560. The molecule has 4 rings (SSSR count). The summed E-state index contributed by atoms with van der Waals surface area (Å²) in [5, 5.41) is 3.16. The summed E-state index contributed by atoms with van der Waals surface area (Å²) in [6.45, 7) is 2.92. The van der Waals surface area contributed by atoms with Crippen molar-refractivity contribution in [3.63, 3.8) is 0 Å². The summed E-state index contributed by atoms with van der Waals surface area (Å²) >= 11 is 0. The van der Waals surface area contributed by atoms with E-state index in [1.54, 1.807) is 0 Å². The summed E-state index contributed by atoms with van der Waals surface area (Å²) in [5.74, 6) is -3.41. The van der Waals surface area contributed by atoms with E-state index >= 15 is 0 Å². The maximum absolute atomic E-state index is 14.4. The number of ether oxygens (including phenoxy) is 1. The van der Waals surface area contributed by atoms with Crippen LogP contribution in [-0.4, -0.2) is 73.6 Å². The smallest absolute Gasteiger partial charge is 0.224 e. The van der Waals surface area contributed by atoms with Gasteiger partial charge in [-0.2, -0.15) is 4.98 Å². The van der Waals surface area contributed by atoms with Crippen molar-refractivity contribution in [2.45, 2.75) is 57.0 Å². The van der Waals surface area contributed by atoms with E-state index in [2.05, 4.69) is 24.9 Å². The van der Waals surface area contributed by atoms with Crippen LogP contribution in [0.3, 0.4) is 0 Å². The third kappa shape index (κ3) is 6.94. The Bertz CT molecular complexity index is 1250. The number of nitrogens with one attached hydrogen (secondary N) is 2. The summed E-state index contributed by atoms with van der Waals surface area (Å²) in [4.78, 5) is 23.4. The Morgan fingerprint density at radius 1 is 1.16 bits per heavy atom. The summed E-state index contributed by atoms with van der Waals surface area (Å²) in [5.41, 5.74) is 5.20. The first kappa shape index (κ1) is 28.1. The van der Waals surface area contributed by atoms with Crippen molar-refractivity contribution < 1.29 is 26.7 Å². The first-order valence-electron chi connectivity index (χ1n) is 12.8. The molecule has 0 amide bonds. The Kier molecular flexibility index (Phi) is 9.11. The van der Waals surface area contributed by atoms with E-state index in [1.165, 1.54) is 26.1 Å². The van der Waals surface area contributed by atoms with Crippen LogP contribution in [0, 0.1) is 11.6 Å². The Labute approximate surface area is 221 Å². The van der Waals surface area contributed by atoms with Crippen molar-refractivity contribution in [1.29, 1.82) is 0 Å². The van der Waals surface area contributed by atoms with Gasteiger partial charge in [0.25, 0.3) is 0 Å². The molecule has 10 nitrogen and oxygen atoms in total. The van der Waals surface area contributed by atoms with Crippen LogP contribution in [0.4, 0.5) is 20.5 Å². The molecule has 0 bridgehead atoms. The molecule has 1 aliphatic heterocycles. The van der Waals surface area contributed by atoms with Gasteiger partial charge in [-0.15, -0.1) is 0 Å². The van der Waals surface area contributed by atoms with Gasteiger partial charge in [0.2, 0.25) is 21.8 Å². The van der Waals surface area contributed by atoms with E-state index in [4.69, 9.17) is 10.5 Å². The number of aromatic nitrogens is 2. The second-order valence-corrected chi connectivity index (χ2v) is 11.7. The molecular weight excluding hydrogens is 518 g/mol. The second-order valence-electron chi connectivity index (χ2n) is 9.79. The molecule has 1 aromatic carbocycles. The van der Waals surface area contributed by atoms with Crippen LogP contribution in [0.2, 0.25) is 0 Å². The molecule has 1 aliphatic carbocycles. The highest BCUT2D eigenvalue weighted by atomic mass is 32.2. The number of ketones is 1. The monoisotopic (exact) mass is 552 g/mol. The van der Waals surface area contributed by atoms with Crippen molar-refractivity contribution in [2.75, 3.05) is 43.5 Å². The zero-order valence-electron chi connectivity index (χ0n) is 21.4. The van der Waals surface area contributed by atoms with Crippen LogP contribution in [0.1, 0.15) is 60.9 Å². The first-order chi connectivity index (χ1) is 18.2. The molecule has 2 heterocycles.